The van der Waals surface area contributed by atoms with Gasteiger partial charge in [0.25, 0.3) is 5.91 Å². The molecule has 1 amide bonds. The van der Waals surface area contributed by atoms with Crippen LogP contribution in [0, 0.1) is 6.92 Å². The van der Waals surface area contributed by atoms with Crippen LogP contribution >= 0.6 is 0 Å². The topological polar surface area (TPSA) is 38.3 Å². The van der Waals surface area contributed by atoms with Gasteiger partial charge in [0.2, 0.25) is 0 Å². The number of hydrogen-bond donors (Lipinski definition) is 1. The first kappa shape index (κ1) is 19.3. The molecule has 1 unspecified atom stereocenters. The van der Waals surface area contributed by atoms with Crippen molar-refractivity contribution >= 4 is 5.91 Å². The summed E-state index contributed by atoms with van der Waals surface area (Å²) in [5, 5.41) is 3.16. The Bertz CT molecular complexity index is 981. The Hall–Kier alpha value is -3.07. The average Bonchev–Trinajstić information content (AvgIpc) is 2.76. The number of nitrogens with one attached hydrogen (secondary N) is 1. The Morgan fingerprint density at radius 3 is 2.52 bits per heavy atom. The van der Waals surface area contributed by atoms with Crippen molar-refractivity contribution in [2.24, 2.45) is 0 Å². The van der Waals surface area contributed by atoms with Crippen LogP contribution < -0.4 is 10.1 Å². The molecule has 0 spiro atoms. The van der Waals surface area contributed by atoms with Crippen LogP contribution in [0.3, 0.4) is 0 Å². The lowest BCUT2D eigenvalue weighted by Gasteiger charge is -2.22. The van der Waals surface area contributed by atoms with E-state index in [9.17, 15) is 4.79 Å². The summed E-state index contributed by atoms with van der Waals surface area (Å²) < 4.78 is 5.95. The lowest BCUT2D eigenvalue weighted by Crippen LogP contribution is -2.33. The molecule has 0 aromatic heterocycles. The van der Waals surface area contributed by atoms with Crippen LogP contribution in [0.25, 0.3) is 0 Å². The maximum absolute atomic E-state index is 12.8. The van der Waals surface area contributed by atoms with E-state index in [0.29, 0.717) is 0 Å². The minimum Gasteiger partial charge on any atom is -0.483 e. The van der Waals surface area contributed by atoms with Gasteiger partial charge in [-0.05, 0) is 60.9 Å². The summed E-state index contributed by atoms with van der Waals surface area (Å²) in [4.78, 5) is 12.8. The number of rotatable bonds is 6. The Morgan fingerprint density at radius 2 is 1.69 bits per heavy atom. The van der Waals surface area contributed by atoms with Crippen LogP contribution in [0.5, 0.6) is 5.75 Å². The predicted molar refractivity (Wildman–Crippen MR) is 116 cm³/mol. The molecule has 29 heavy (non-hydrogen) atoms. The first-order chi connectivity index (χ1) is 14.2. The van der Waals surface area contributed by atoms with E-state index in [-0.39, 0.29) is 18.6 Å². The monoisotopic (exact) mass is 385 g/mol. The molecule has 0 aliphatic heterocycles. The van der Waals surface area contributed by atoms with Crippen LogP contribution in [0.15, 0.2) is 72.8 Å². The molecule has 0 heterocycles. The number of ether oxygens (including phenoxy) is 1. The molecular weight excluding hydrogens is 358 g/mol. The third kappa shape index (κ3) is 4.68. The maximum Gasteiger partial charge on any atom is 0.258 e. The first-order valence-corrected chi connectivity index (χ1v) is 10.3. The molecular formula is C26H27NO2. The van der Waals surface area contributed by atoms with Gasteiger partial charge in [-0.1, -0.05) is 72.3 Å². The highest BCUT2D eigenvalue weighted by Gasteiger charge is 2.19. The first-order valence-electron chi connectivity index (χ1n) is 10.3. The average molecular weight is 386 g/mol. The third-order valence-electron chi connectivity index (χ3n) is 5.53. The molecule has 4 rings (SSSR count). The number of amides is 1. The summed E-state index contributed by atoms with van der Waals surface area (Å²) in [5.41, 5.74) is 5.93. The number of hydrogen-bond acceptors (Lipinski definition) is 2. The molecule has 0 bridgehead atoms. The van der Waals surface area contributed by atoms with Crippen LogP contribution in [0.2, 0.25) is 0 Å². The lowest BCUT2D eigenvalue weighted by atomic mass is 9.91. The van der Waals surface area contributed by atoms with Gasteiger partial charge in [0.15, 0.2) is 6.61 Å². The molecule has 1 aliphatic carbocycles. The Labute approximate surface area is 172 Å². The highest BCUT2D eigenvalue weighted by atomic mass is 16.5. The van der Waals surface area contributed by atoms with E-state index >= 15 is 0 Å². The molecule has 3 nitrogen and oxygen atoms in total. The van der Waals surface area contributed by atoms with Crippen molar-refractivity contribution in [3.8, 4) is 5.75 Å². The zero-order valence-electron chi connectivity index (χ0n) is 16.9. The molecule has 0 saturated heterocycles. The van der Waals surface area contributed by atoms with E-state index in [0.717, 1.165) is 29.7 Å². The Balaban J connectivity index is 1.49. The van der Waals surface area contributed by atoms with Crippen LogP contribution in [-0.2, 0) is 17.6 Å². The zero-order valence-corrected chi connectivity index (χ0v) is 16.9. The lowest BCUT2D eigenvalue weighted by molar-refractivity contribution is -0.123. The van der Waals surface area contributed by atoms with Gasteiger partial charge in [-0.25, -0.2) is 0 Å². The fraction of sp³-hybridized carbons (Fsp3) is 0.269. The van der Waals surface area contributed by atoms with E-state index in [1.54, 1.807) is 0 Å². The van der Waals surface area contributed by atoms with Gasteiger partial charge in [-0.15, -0.1) is 0 Å². The number of fused-ring (bicyclic) bond motifs is 1. The SMILES string of the molecule is Cc1cccc(C(NC(=O)COc2cccc3c2CCCC3)c2ccccc2)c1. The molecule has 148 valence electrons. The molecule has 1 N–H and O–H groups in total. The molecule has 0 saturated carbocycles. The van der Waals surface area contributed by atoms with Gasteiger partial charge in [0, 0.05) is 0 Å². The highest BCUT2D eigenvalue weighted by Crippen LogP contribution is 2.29. The second-order valence-electron chi connectivity index (χ2n) is 7.71. The predicted octanol–water partition coefficient (Wildman–Crippen LogP) is 5.16. The largest absolute Gasteiger partial charge is 0.483 e. The fourth-order valence-corrected chi connectivity index (χ4v) is 4.08. The summed E-state index contributed by atoms with van der Waals surface area (Å²) in [7, 11) is 0. The van der Waals surface area contributed by atoms with Gasteiger partial charge in [0.1, 0.15) is 5.75 Å². The van der Waals surface area contributed by atoms with Crippen molar-refractivity contribution in [1.82, 2.24) is 5.32 Å². The molecule has 0 fully saturated rings. The minimum absolute atomic E-state index is 0.0194. The number of aryl methyl sites for hydroxylation is 2. The molecule has 3 heteroatoms. The van der Waals surface area contributed by atoms with E-state index in [4.69, 9.17) is 4.74 Å². The van der Waals surface area contributed by atoms with Crippen molar-refractivity contribution in [2.75, 3.05) is 6.61 Å². The second kappa shape index (κ2) is 8.95. The summed E-state index contributed by atoms with van der Waals surface area (Å²) in [5.74, 6) is 0.734. The van der Waals surface area contributed by atoms with Gasteiger partial charge in [-0.2, -0.15) is 0 Å². The Kier molecular flexibility index (Phi) is 5.95. The molecule has 3 aromatic carbocycles. The summed E-state index contributed by atoms with van der Waals surface area (Å²) in [6.07, 6.45) is 4.54. The van der Waals surface area contributed by atoms with Crippen molar-refractivity contribution in [2.45, 2.75) is 38.6 Å². The van der Waals surface area contributed by atoms with Crippen molar-refractivity contribution in [3.63, 3.8) is 0 Å². The van der Waals surface area contributed by atoms with E-state index < -0.39 is 0 Å². The normalized spacial score (nSPS) is 14.0. The summed E-state index contributed by atoms with van der Waals surface area (Å²) >= 11 is 0. The zero-order chi connectivity index (χ0) is 20.1. The molecule has 3 aromatic rings. The smallest absolute Gasteiger partial charge is 0.258 e. The molecule has 1 aliphatic rings. The molecule has 1 atom stereocenters. The summed E-state index contributed by atoms with van der Waals surface area (Å²) in [6.45, 7) is 2.08. The van der Waals surface area contributed by atoms with Crippen molar-refractivity contribution in [3.05, 3.63) is 101 Å². The molecule has 0 radical (unpaired) electrons. The third-order valence-corrected chi connectivity index (χ3v) is 5.53. The second-order valence-corrected chi connectivity index (χ2v) is 7.71. The number of carbonyl (C=O) groups is 1. The van der Waals surface area contributed by atoms with Crippen LogP contribution in [0.4, 0.5) is 0 Å². The van der Waals surface area contributed by atoms with Gasteiger partial charge in [-0.3, -0.25) is 4.79 Å². The van der Waals surface area contributed by atoms with Gasteiger partial charge in [0.05, 0.1) is 6.04 Å². The van der Waals surface area contributed by atoms with Crippen molar-refractivity contribution in [1.29, 1.82) is 0 Å². The standard InChI is InChI=1S/C26H27NO2/c1-19-9-7-14-22(17-19)26(21-11-3-2-4-12-21)27-25(28)18-29-24-16-8-13-20-10-5-6-15-23(20)24/h2-4,7-9,11-14,16-17,26H,5-6,10,15,18H2,1H3,(H,27,28). The summed E-state index contributed by atoms with van der Waals surface area (Å²) in [6, 6.07) is 24.3. The Morgan fingerprint density at radius 1 is 0.931 bits per heavy atom. The van der Waals surface area contributed by atoms with Gasteiger partial charge < -0.3 is 10.1 Å². The van der Waals surface area contributed by atoms with E-state index in [1.165, 1.54) is 29.5 Å². The van der Waals surface area contributed by atoms with Gasteiger partial charge >= 0.3 is 0 Å². The number of carbonyl (C=O) groups excluding carboxylic acids is 1. The quantitative estimate of drug-likeness (QED) is 0.637. The number of benzene rings is 3. The van der Waals surface area contributed by atoms with E-state index in [2.05, 4.69) is 36.5 Å². The van der Waals surface area contributed by atoms with E-state index in [1.807, 2.05) is 48.5 Å². The highest BCUT2D eigenvalue weighted by molar-refractivity contribution is 5.78. The van der Waals surface area contributed by atoms with Crippen molar-refractivity contribution < 1.29 is 9.53 Å². The van der Waals surface area contributed by atoms with Crippen LogP contribution in [0.1, 0.15) is 46.7 Å². The van der Waals surface area contributed by atoms with Crippen LogP contribution in [-0.4, -0.2) is 12.5 Å². The maximum atomic E-state index is 12.8. The minimum atomic E-state index is -0.197. The fourth-order valence-electron chi connectivity index (χ4n) is 4.08.